The van der Waals surface area contributed by atoms with Crippen LogP contribution < -0.4 is 5.32 Å². The van der Waals surface area contributed by atoms with Gasteiger partial charge in [-0.1, -0.05) is 20.3 Å². The quantitative estimate of drug-likeness (QED) is 0.420. The fourth-order valence-electron chi connectivity index (χ4n) is 3.73. The first-order chi connectivity index (χ1) is 10.2. The molecule has 2 rings (SSSR count). The van der Waals surface area contributed by atoms with Crippen LogP contribution in [0.1, 0.15) is 46.0 Å². The van der Waals surface area contributed by atoms with Crippen molar-refractivity contribution in [2.75, 3.05) is 46.3 Å². The molecule has 0 aromatic carbocycles. The molecule has 1 atom stereocenters. The number of aliphatic imine (C=N–C) groups is 1. The molecule has 1 N–H and O–H groups in total. The highest BCUT2D eigenvalue weighted by Gasteiger charge is 2.25. The number of piperidine rings is 1. The SMILES string of the molecule is CN=C(NCCN1CCCCC1)N1CCC(CC(C)C)C1.I. The van der Waals surface area contributed by atoms with Crippen LogP contribution in [0.3, 0.4) is 0 Å². The topological polar surface area (TPSA) is 30.9 Å². The zero-order valence-corrected chi connectivity index (χ0v) is 17.0. The standard InChI is InChI=1S/C17H34N4.HI/c1-15(2)13-16-7-11-21(14-16)17(18-3)19-8-12-20-9-5-4-6-10-20;/h15-16H,4-14H2,1-3H3,(H,18,19);1H. The number of hydrogen-bond donors (Lipinski definition) is 1. The van der Waals surface area contributed by atoms with Crippen molar-refractivity contribution in [2.24, 2.45) is 16.8 Å². The monoisotopic (exact) mass is 422 g/mol. The Morgan fingerprint density at radius 1 is 1.18 bits per heavy atom. The Kier molecular flexibility index (Phi) is 9.71. The largest absolute Gasteiger partial charge is 0.355 e. The summed E-state index contributed by atoms with van der Waals surface area (Å²) >= 11 is 0. The van der Waals surface area contributed by atoms with Gasteiger partial charge in [0.2, 0.25) is 0 Å². The predicted octanol–water partition coefficient (Wildman–Crippen LogP) is 3.03. The molecule has 0 aliphatic carbocycles. The number of likely N-dealkylation sites (tertiary alicyclic amines) is 2. The molecule has 22 heavy (non-hydrogen) atoms. The zero-order chi connectivity index (χ0) is 15.1. The number of hydrogen-bond acceptors (Lipinski definition) is 2. The van der Waals surface area contributed by atoms with E-state index in [0.717, 1.165) is 30.9 Å². The van der Waals surface area contributed by atoms with Crippen molar-refractivity contribution in [1.29, 1.82) is 0 Å². The summed E-state index contributed by atoms with van der Waals surface area (Å²) in [7, 11) is 1.92. The molecule has 2 aliphatic rings. The number of rotatable bonds is 5. The first-order valence-corrected chi connectivity index (χ1v) is 8.87. The summed E-state index contributed by atoms with van der Waals surface area (Å²) in [4.78, 5) is 9.51. The van der Waals surface area contributed by atoms with Crippen molar-refractivity contribution in [1.82, 2.24) is 15.1 Å². The van der Waals surface area contributed by atoms with E-state index in [1.165, 1.54) is 58.3 Å². The Bertz CT molecular complexity index is 327. The molecule has 0 saturated carbocycles. The number of guanidine groups is 1. The minimum Gasteiger partial charge on any atom is -0.355 e. The van der Waals surface area contributed by atoms with Crippen molar-refractivity contribution in [3.8, 4) is 0 Å². The van der Waals surface area contributed by atoms with E-state index >= 15 is 0 Å². The zero-order valence-electron chi connectivity index (χ0n) is 14.7. The molecule has 2 saturated heterocycles. The van der Waals surface area contributed by atoms with Crippen molar-refractivity contribution in [3.63, 3.8) is 0 Å². The van der Waals surface area contributed by atoms with Crippen LogP contribution in [0.2, 0.25) is 0 Å². The molecule has 4 nitrogen and oxygen atoms in total. The maximum atomic E-state index is 4.48. The van der Waals surface area contributed by atoms with Gasteiger partial charge >= 0.3 is 0 Å². The first-order valence-electron chi connectivity index (χ1n) is 8.87. The van der Waals surface area contributed by atoms with Gasteiger partial charge in [0.1, 0.15) is 0 Å². The van der Waals surface area contributed by atoms with Crippen LogP contribution in [0.25, 0.3) is 0 Å². The van der Waals surface area contributed by atoms with E-state index in [1.54, 1.807) is 0 Å². The highest BCUT2D eigenvalue weighted by molar-refractivity contribution is 14.0. The third-order valence-electron chi connectivity index (χ3n) is 4.76. The van der Waals surface area contributed by atoms with Gasteiger partial charge in [0.05, 0.1) is 0 Å². The van der Waals surface area contributed by atoms with Gasteiger partial charge in [0.25, 0.3) is 0 Å². The Labute approximate surface area is 154 Å². The summed E-state index contributed by atoms with van der Waals surface area (Å²) in [5.74, 6) is 2.77. The van der Waals surface area contributed by atoms with Crippen LogP contribution in [0, 0.1) is 11.8 Å². The van der Waals surface area contributed by atoms with E-state index in [1.807, 2.05) is 7.05 Å². The fraction of sp³-hybridized carbons (Fsp3) is 0.941. The van der Waals surface area contributed by atoms with E-state index < -0.39 is 0 Å². The van der Waals surface area contributed by atoms with E-state index in [-0.39, 0.29) is 24.0 Å². The van der Waals surface area contributed by atoms with Crippen LogP contribution in [-0.4, -0.2) is 62.1 Å². The Morgan fingerprint density at radius 3 is 2.55 bits per heavy atom. The number of nitrogens with one attached hydrogen (secondary N) is 1. The lowest BCUT2D eigenvalue weighted by Gasteiger charge is -2.28. The Hall–Kier alpha value is -0.0400. The predicted molar refractivity (Wildman–Crippen MR) is 106 cm³/mol. The molecule has 0 amide bonds. The lowest BCUT2D eigenvalue weighted by Crippen LogP contribution is -2.44. The lowest BCUT2D eigenvalue weighted by molar-refractivity contribution is 0.231. The third kappa shape index (κ3) is 6.60. The highest BCUT2D eigenvalue weighted by Crippen LogP contribution is 2.23. The number of halogens is 1. The third-order valence-corrected chi connectivity index (χ3v) is 4.76. The molecule has 0 radical (unpaired) electrons. The van der Waals surface area contributed by atoms with Gasteiger partial charge in [-0.3, -0.25) is 4.99 Å². The summed E-state index contributed by atoms with van der Waals surface area (Å²) in [6.45, 7) is 11.7. The van der Waals surface area contributed by atoms with Gasteiger partial charge in [-0.05, 0) is 50.6 Å². The van der Waals surface area contributed by atoms with E-state index in [2.05, 4.69) is 34.0 Å². The maximum absolute atomic E-state index is 4.48. The van der Waals surface area contributed by atoms with Crippen LogP contribution in [-0.2, 0) is 0 Å². The maximum Gasteiger partial charge on any atom is 0.193 e. The van der Waals surface area contributed by atoms with E-state index in [0.29, 0.717) is 0 Å². The normalized spacial score (nSPS) is 23.7. The Morgan fingerprint density at radius 2 is 1.91 bits per heavy atom. The molecule has 2 heterocycles. The van der Waals surface area contributed by atoms with Gasteiger partial charge in [-0.25, -0.2) is 0 Å². The second kappa shape index (κ2) is 10.7. The highest BCUT2D eigenvalue weighted by atomic mass is 127. The summed E-state index contributed by atoms with van der Waals surface area (Å²) in [6, 6.07) is 0. The lowest BCUT2D eigenvalue weighted by atomic mass is 9.97. The van der Waals surface area contributed by atoms with Gasteiger partial charge in [-0.15, -0.1) is 24.0 Å². The molecule has 0 bridgehead atoms. The molecule has 0 aromatic rings. The molecule has 5 heteroatoms. The van der Waals surface area contributed by atoms with Gasteiger partial charge in [0.15, 0.2) is 5.96 Å². The number of nitrogens with zero attached hydrogens (tertiary/aromatic N) is 3. The molecular formula is C17H35IN4. The van der Waals surface area contributed by atoms with Crippen LogP contribution in [0.15, 0.2) is 4.99 Å². The van der Waals surface area contributed by atoms with Crippen molar-refractivity contribution in [3.05, 3.63) is 0 Å². The van der Waals surface area contributed by atoms with Crippen LogP contribution in [0.4, 0.5) is 0 Å². The average molecular weight is 422 g/mol. The molecular weight excluding hydrogens is 387 g/mol. The summed E-state index contributed by atoms with van der Waals surface area (Å²) in [6.07, 6.45) is 6.83. The molecule has 0 aromatic heterocycles. The van der Waals surface area contributed by atoms with Crippen LogP contribution in [0.5, 0.6) is 0 Å². The summed E-state index contributed by atoms with van der Waals surface area (Å²) in [5, 5.41) is 3.57. The molecule has 2 fully saturated rings. The first kappa shape index (κ1) is 20.0. The Balaban J connectivity index is 0.00000242. The average Bonchev–Trinajstić information content (AvgIpc) is 2.92. The second-order valence-corrected chi connectivity index (χ2v) is 7.11. The van der Waals surface area contributed by atoms with Gasteiger partial charge in [0, 0.05) is 33.2 Å². The van der Waals surface area contributed by atoms with Gasteiger partial charge in [-0.2, -0.15) is 0 Å². The molecule has 0 spiro atoms. The van der Waals surface area contributed by atoms with Gasteiger partial charge < -0.3 is 15.1 Å². The summed E-state index contributed by atoms with van der Waals surface area (Å²) in [5.41, 5.74) is 0. The second-order valence-electron chi connectivity index (χ2n) is 7.11. The minimum atomic E-state index is 0. The van der Waals surface area contributed by atoms with Crippen molar-refractivity contribution >= 4 is 29.9 Å². The van der Waals surface area contributed by atoms with E-state index in [4.69, 9.17) is 0 Å². The fourth-order valence-corrected chi connectivity index (χ4v) is 3.73. The van der Waals surface area contributed by atoms with E-state index in [9.17, 15) is 0 Å². The molecule has 130 valence electrons. The molecule has 1 unspecified atom stereocenters. The minimum absolute atomic E-state index is 0. The van der Waals surface area contributed by atoms with Crippen molar-refractivity contribution in [2.45, 2.75) is 46.0 Å². The van der Waals surface area contributed by atoms with Crippen LogP contribution >= 0.6 is 24.0 Å². The van der Waals surface area contributed by atoms with Crippen molar-refractivity contribution < 1.29 is 0 Å². The summed E-state index contributed by atoms with van der Waals surface area (Å²) < 4.78 is 0. The molecule has 2 aliphatic heterocycles. The smallest absolute Gasteiger partial charge is 0.193 e.